The van der Waals surface area contributed by atoms with Crippen LogP contribution in [-0.4, -0.2) is 15.0 Å². The van der Waals surface area contributed by atoms with E-state index >= 15 is 0 Å². The predicted molar refractivity (Wildman–Crippen MR) is 77.3 cm³/mol. The highest BCUT2D eigenvalue weighted by Crippen LogP contribution is 2.20. The fraction of sp³-hybridized carbons (Fsp3) is 0.200. The van der Waals surface area contributed by atoms with Crippen LogP contribution >= 0.6 is 0 Å². The molecular formula is C15H16O4S. The summed E-state index contributed by atoms with van der Waals surface area (Å²) in [5.74, 6) is 0.811. The molecule has 0 atom stereocenters. The van der Waals surface area contributed by atoms with Crippen LogP contribution in [0.4, 0.5) is 0 Å². The van der Waals surface area contributed by atoms with Crippen molar-refractivity contribution in [3.8, 4) is 11.5 Å². The Bertz CT molecular complexity index is 633. The van der Waals surface area contributed by atoms with E-state index in [1.165, 1.54) is 0 Å². The first kappa shape index (κ1) is 14.4. The molecule has 0 fully saturated rings. The van der Waals surface area contributed by atoms with E-state index in [0.717, 1.165) is 0 Å². The maximum Gasteiger partial charge on any atom is 0.313 e. The second-order valence-electron chi connectivity index (χ2n) is 4.18. The monoisotopic (exact) mass is 292 g/mol. The molecule has 0 aliphatic carbocycles. The number of rotatable bonds is 6. The van der Waals surface area contributed by atoms with E-state index in [2.05, 4.69) is 0 Å². The van der Waals surface area contributed by atoms with Crippen LogP contribution in [0.15, 0.2) is 54.6 Å². The molecule has 2 rings (SSSR count). The first-order valence-electron chi connectivity index (χ1n) is 6.28. The van der Waals surface area contributed by atoms with Crippen LogP contribution in [0.5, 0.6) is 11.5 Å². The Morgan fingerprint density at radius 2 is 1.50 bits per heavy atom. The maximum atomic E-state index is 11.9. The largest absolute Gasteiger partial charge is 0.494 e. The summed E-state index contributed by atoms with van der Waals surface area (Å²) in [6, 6.07) is 15.4. The summed E-state index contributed by atoms with van der Waals surface area (Å²) in [5.41, 5.74) is 0.693. The lowest BCUT2D eigenvalue weighted by Crippen LogP contribution is -2.12. The molecule has 5 heteroatoms. The van der Waals surface area contributed by atoms with Crippen LogP contribution in [0.25, 0.3) is 0 Å². The van der Waals surface area contributed by atoms with Gasteiger partial charge in [0.2, 0.25) is 0 Å². The Labute approximate surface area is 119 Å². The lowest BCUT2D eigenvalue weighted by Gasteiger charge is -2.08. The van der Waals surface area contributed by atoms with Crippen molar-refractivity contribution in [3.63, 3.8) is 0 Å². The van der Waals surface area contributed by atoms with Gasteiger partial charge in [0.1, 0.15) is 17.3 Å². The van der Waals surface area contributed by atoms with Gasteiger partial charge in [-0.15, -0.1) is 0 Å². The number of hydrogen-bond donors (Lipinski definition) is 0. The molecular weight excluding hydrogens is 276 g/mol. The first-order chi connectivity index (χ1) is 9.59. The van der Waals surface area contributed by atoms with Gasteiger partial charge in [-0.05, 0) is 36.8 Å². The van der Waals surface area contributed by atoms with Crippen molar-refractivity contribution in [2.24, 2.45) is 0 Å². The normalized spacial score (nSPS) is 11.1. The number of hydrogen-bond acceptors (Lipinski definition) is 4. The van der Waals surface area contributed by atoms with Gasteiger partial charge in [-0.3, -0.25) is 0 Å². The van der Waals surface area contributed by atoms with Crippen LogP contribution in [-0.2, 0) is 15.9 Å². The minimum atomic E-state index is -3.65. The molecule has 0 aliphatic rings. The molecule has 0 saturated heterocycles. The number of benzene rings is 2. The van der Waals surface area contributed by atoms with E-state index in [1.54, 1.807) is 48.5 Å². The Morgan fingerprint density at radius 3 is 2.10 bits per heavy atom. The summed E-state index contributed by atoms with van der Waals surface area (Å²) in [5, 5.41) is 0. The lowest BCUT2D eigenvalue weighted by molar-refractivity contribution is 0.340. The average molecular weight is 292 g/mol. The van der Waals surface area contributed by atoms with Gasteiger partial charge in [-0.1, -0.05) is 30.3 Å². The minimum Gasteiger partial charge on any atom is -0.494 e. The summed E-state index contributed by atoms with van der Waals surface area (Å²) < 4.78 is 34.2. The Hall–Kier alpha value is -2.01. The molecule has 106 valence electrons. The van der Waals surface area contributed by atoms with Gasteiger partial charge in [0.15, 0.2) is 0 Å². The molecule has 0 spiro atoms. The summed E-state index contributed by atoms with van der Waals surface area (Å²) >= 11 is 0. The van der Waals surface area contributed by atoms with Gasteiger partial charge in [0.05, 0.1) is 6.61 Å². The summed E-state index contributed by atoms with van der Waals surface area (Å²) in [6.45, 7) is 2.45. The van der Waals surface area contributed by atoms with Crippen LogP contribution in [0.2, 0.25) is 0 Å². The molecule has 2 aromatic rings. The quantitative estimate of drug-likeness (QED) is 0.768. The summed E-state index contributed by atoms with van der Waals surface area (Å²) in [6.07, 6.45) is 0. The number of ether oxygens (including phenoxy) is 1. The third-order valence-corrected chi connectivity index (χ3v) is 3.68. The van der Waals surface area contributed by atoms with Gasteiger partial charge in [0.25, 0.3) is 0 Å². The average Bonchev–Trinajstić information content (AvgIpc) is 2.41. The highest BCUT2D eigenvalue weighted by molar-refractivity contribution is 7.86. The molecule has 0 heterocycles. The van der Waals surface area contributed by atoms with Gasteiger partial charge in [-0.2, -0.15) is 8.42 Å². The van der Waals surface area contributed by atoms with Crippen LogP contribution < -0.4 is 8.92 Å². The zero-order chi connectivity index (χ0) is 14.4. The molecule has 0 unspecified atom stereocenters. The van der Waals surface area contributed by atoms with Gasteiger partial charge in [-0.25, -0.2) is 0 Å². The van der Waals surface area contributed by atoms with Crippen molar-refractivity contribution in [1.29, 1.82) is 0 Å². The van der Waals surface area contributed by atoms with E-state index in [-0.39, 0.29) is 11.5 Å². The topological polar surface area (TPSA) is 52.6 Å². The van der Waals surface area contributed by atoms with E-state index < -0.39 is 10.1 Å². The molecule has 0 N–H and O–H groups in total. The Morgan fingerprint density at radius 1 is 0.900 bits per heavy atom. The minimum absolute atomic E-state index is 0.152. The van der Waals surface area contributed by atoms with Crippen LogP contribution in [0, 0.1) is 0 Å². The fourth-order valence-corrected chi connectivity index (χ4v) is 2.78. The lowest BCUT2D eigenvalue weighted by atomic mass is 10.2. The van der Waals surface area contributed by atoms with Gasteiger partial charge >= 0.3 is 10.1 Å². The van der Waals surface area contributed by atoms with Gasteiger partial charge in [0, 0.05) is 0 Å². The van der Waals surface area contributed by atoms with Crippen molar-refractivity contribution >= 4 is 10.1 Å². The summed E-state index contributed by atoms with van der Waals surface area (Å²) in [7, 11) is -3.65. The SMILES string of the molecule is CCOc1ccc(OS(=O)(=O)Cc2ccccc2)cc1. The molecule has 0 aromatic heterocycles. The third kappa shape index (κ3) is 4.28. The fourth-order valence-electron chi connectivity index (χ4n) is 1.71. The molecule has 20 heavy (non-hydrogen) atoms. The molecule has 2 aromatic carbocycles. The highest BCUT2D eigenvalue weighted by atomic mass is 32.2. The standard InChI is InChI=1S/C15H16O4S/c1-2-18-14-8-10-15(11-9-14)19-20(16,17)12-13-6-4-3-5-7-13/h3-11H,2,12H2,1H3. The summed E-state index contributed by atoms with van der Waals surface area (Å²) in [4.78, 5) is 0. The Kier molecular flexibility index (Phi) is 4.63. The molecule has 4 nitrogen and oxygen atoms in total. The van der Waals surface area contributed by atoms with E-state index in [0.29, 0.717) is 17.9 Å². The zero-order valence-electron chi connectivity index (χ0n) is 11.2. The van der Waals surface area contributed by atoms with Crippen molar-refractivity contribution in [2.75, 3.05) is 6.61 Å². The Balaban J connectivity index is 2.04. The van der Waals surface area contributed by atoms with Crippen molar-refractivity contribution in [2.45, 2.75) is 12.7 Å². The van der Waals surface area contributed by atoms with E-state index in [9.17, 15) is 8.42 Å². The van der Waals surface area contributed by atoms with Crippen molar-refractivity contribution in [3.05, 3.63) is 60.2 Å². The molecule has 0 aliphatic heterocycles. The maximum absolute atomic E-state index is 11.9. The van der Waals surface area contributed by atoms with Crippen LogP contribution in [0.3, 0.4) is 0 Å². The van der Waals surface area contributed by atoms with Crippen molar-refractivity contribution in [1.82, 2.24) is 0 Å². The van der Waals surface area contributed by atoms with Gasteiger partial charge < -0.3 is 8.92 Å². The second kappa shape index (κ2) is 6.43. The zero-order valence-corrected chi connectivity index (χ0v) is 12.0. The molecule has 0 saturated carbocycles. The third-order valence-electron chi connectivity index (χ3n) is 2.54. The molecule has 0 radical (unpaired) electrons. The van der Waals surface area contributed by atoms with Crippen molar-refractivity contribution < 1.29 is 17.3 Å². The molecule has 0 amide bonds. The first-order valence-corrected chi connectivity index (χ1v) is 7.86. The highest BCUT2D eigenvalue weighted by Gasteiger charge is 2.13. The smallest absolute Gasteiger partial charge is 0.313 e. The van der Waals surface area contributed by atoms with E-state index in [4.69, 9.17) is 8.92 Å². The van der Waals surface area contributed by atoms with E-state index in [1.807, 2.05) is 13.0 Å². The predicted octanol–water partition coefficient (Wildman–Crippen LogP) is 2.99. The molecule has 0 bridgehead atoms. The second-order valence-corrected chi connectivity index (χ2v) is 5.75. The van der Waals surface area contributed by atoms with Crippen LogP contribution in [0.1, 0.15) is 12.5 Å².